The minimum Gasteiger partial charge on any atom is -0.342 e. The molecule has 0 aromatic carbocycles. The number of hydrogen-bond donors (Lipinski definition) is 3. The maximum absolute atomic E-state index is 13.0. The van der Waals surface area contributed by atoms with E-state index in [9.17, 15) is 4.79 Å². The summed E-state index contributed by atoms with van der Waals surface area (Å²) in [5.74, 6) is 0.662. The van der Waals surface area contributed by atoms with E-state index in [1.54, 1.807) is 4.90 Å². The SMILES string of the molecule is C[C@@H]1CCC(=N)N1C(=N)C1=CC=CC(C)(NC(=O)c2cc3c(cn2)CCN(C)C3)C1.[HH]. The molecule has 0 bridgehead atoms. The van der Waals surface area contributed by atoms with Crippen molar-refractivity contribution in [3.8, 4) is 0 Å². The largest absolute Gasteiger partial charge is 0.342 e. The van der Waals surface area contributed by atoms with E-state index >= 15 is 0 Å². The molecule has 1 fully saturated rings. The van der Waals surface area contributed by atoms with Crippen LogP contribution in [0.15, 0.2) is 36.1 Å². The Morgan fingerprint density at radius 1 is 1.37 bits per heavy atom. The van der Waals surface area contributed by atoms with Crippen molar-refractivity contribution in [2.45, 2.75) is 57.7 Å². The average molecular weight is 409 g/mol. The van der Waals surface area contributed by atoms with Crippen LogP contribution in [-0.2, 0) is 13.0 Å². The maximum atomic E-state index is 13.0. The topological polar surface area (TPSA) is 96.2 Å². The molecule has 2 aliphatic heterocycles. The maximum Gasteiger partial charge on any atom is 0.270 e. The van der Waals surface area contributed by atoms with Gasteiger partial charge in [-0.25, -0.2) is 0 Å². The van der Waals surface area contributed by atoms with E-state index in [-0.39, 0.29) is 13.4 Å². The minimum atomic E-state index is -0.604. The highest BCUT2D eigenvalue weighted by Gasteiger charge is 2.34. The minimum absolute atomic E-state index is 0. The molecular formula is C23H32N6O. The number of likely N-dealkylation sites (N-methyl/N-ethyl adjacent to an activating group) is 1. The second-order valence-corrected chi connectivity index (χ2v) is 8.98. The zero-order valence-electron chi connectivity index (χ0n) is 18.0. The van der Waals surface area contributed by atoms with Crippen LogP contribution in [0.4, 0.5) is 0 Å². The summed E-state index contributed by atoms with van der Waals surface area (Å²) in [5.41, 5.74) is 3.04. The van der Waals surface area contributed by atoms with Crippen molar-refractivity contribution in [2.75, 3.05) is 13.6 Å². The van der Waals surface area contributed by atoms with Crippen LogP contribution < -0.4 is 5.32 Å². The predicted octanol–water partition coefficient (Wildman–Crippen LogP) is 3.13. The summed E-state index contributed by atoms with van der Waals surface area (Å²) in [6.07, 6.45) is 10.7. The molecule has 4 rings (SSSR count). The van der Waals surface area contributed by atoms with E-state index in [0.717, 1.165) is 37.1 Å². The van der Waals surface area contributed by atoms with Gasteiger partial charge >= 0.3 is 0 Å². The van der Waals surface area contributed by atoms with Gasteiger partial charge in [-0.3, -0.25) is 20.6 Å². The van der Waals surface area contributed by atoms with Gasteiger partial charge in [0.1, 0.15) is 17.4 Å². The van der Waals surface area contributed by atoms with Gasteiger partial charge in [0.25, 0.3) is 5.91 Å². The smallest absolute Gasteiger partial charge is 0.270 e. The number of fused-ring (bicyclic) bond motifs is 1. The van der Waals surface area contributed by atoms with Crippen molar-refractivity contribution in [1.29, 1.82) is 10.8 Å². The lowest BCUT2D eigenvalue weighted by Crippen LogP contribution is -2.47. The molecule has 7 nitrogen and oxygen atoms in total. The lowest BCUT2D eigenvalue weighted by molar-refractivity contribution is 0.0916. The molecule has 3 N–H and O–H groups in total. The molecule has 1 saturated heterocycles. The van der Waals surface area contributed by atoms with Gasteiger partial charge < -0.3 is 15.1 Å². The summed E-state index contributed by atoms with van der Waals surface area (Å²) in [4.78, 5) is 21.4. The van der Waals surface area contributed by atoms with Crippen molar-refractivity contribution >= 4 is 17.6 Å². The van der Waals surface area contributed by atoms with Crippen LogP contribution in [0, 0.1) is 10.8 Å². The highest BCUT2D eigenvalue weighted by atomic mass is 16.2. The number of hydrogen-bond acceptors (Lipinski definition) is 5. The highest BCUT2D eigenvalue weighted by molar-refractivity contribution is 6.08. The second kappa shape index (κ2) is 7.80. The van der Waals surface area contributed by atoms with Crippen LogP contribution >= 0.6 is 0 Å². The Morgan fingerprint density at radius 2 is 2.17 bits per heavy atom. The highest BCUT2D eigenvalue weighted by Crippen LogP contribution is 2.28. The van der Waals surface area contributed by atoms with E-state index in [0.29, 0.717) is 30.2 Å². The molecule has 2 atom stereocenters. The first-order chi connectivity index (χ1) is 14.3. The Balaban J connectivity index is 0.00000272. The monoisotopic (exact) mass is 408 g/mol. The summed E-state index contributed by atoms with van der Waals surface area (Å²) >= 11 is 0. The fourth-order valence-corrected chi connectivity index (χ4v) is 4.54. The molecule has 30 heavy (non-hydrogen) atoms. The Hall–Kier alpha value is -2.80. The third kappa shape index (κ3) is 3.94. The molecule has 1 amide bonds. The number of rotatable bonds is 3. The number of carbonyl (C=O) groups excluding carboxylic acids is 1. The molecule has 1 aliphatic carbocycles. The first kappa shape index (κ1) is 20.5. The van der Waals surface area contributed by atoms with Crippen LogP contribution in [0.3, 0.4) is 0 Å². The lowest BCUT2D eigenvalue weighted by atomic mass is 9.87. The molecule has 3 aliphatic rings. The Kier molecular flexibility index (Phi) is 5.32. The first-order valence-corrected chi connectivity index (χ1v) is 10.6. The molecule has 0 saturated carbocycles. The Morgan fingerprint density at radius 3 is 2.90 bits per heavy atom. The lowest BCUT2D eigenvalue weighted by Gasteiger charge is -2.34. The quantitative estimate of drug-likeness (QED) is 0.529. The number of pyridine rings is 1. The van der Waals surface area contributed by atoms with E-state index in [2.05, 4.69) is 29.2 Å². The number of amidine groups is 2. The van der Waals surface area contributed by atoms with Crippen molar-refractivity contribution in [2.24, 2.45) is 0 Å². The van der Waals surface area contributed by atoms with Gasteiger partial charge in [-0.05, 0) is 56.5 Å². The van der Waals surface area contributed by atoms with Gasteiger partial charge in [0.15, 0.2) is 0 Å². The Labute approximate surface area is 179 Å². The summed E-state index contributed by atoms with van der Waals surface area (Å²) in [6, 6.07) is 2.07. The third-order valence-electron chi connectivity index (χ3n) is 6.31. The van der Waals surface area contributed by atoms with E-state index < -0.39 is 5.54 Å². The van der Waals surface area contributed by atoms with Crippen LogP contribution in [0.25, 0.3) is 0 Å². The molecule has 160 valence electrons. The number of nitrogens with one attached hydrogen (secondary N) is 3. The molecule has 7 heteroatoms. The van der Waals surface area contributed by atoms with Crippen molar-refractivity contribution in [1.82, 2.24) is 20.1 Å². The summed E-state index contributed by atoms with van der Waals surface area (Å²) < 4.78 is 0. The van der Waals surface area contributed by atoms with E-state index in [4.69, 9.17) is 10.8 Å². The molecule has 1 aromatic heterocycles. The zero-order valence-corrected chi connectivity index (χ0v) is 18.0. The van der Waals surface area contributed by atoms with Crippen molar-refractivity contribution < 1.29 is 6.22 Å². The van der Waals surface area contributed by atoms with Crippen LogP contribution in [0.2, 0.25) is 0 Å². The first-order valence-electron chi connectivity index (χ1n) is 10.6. The number of likely N-dealkylation sites (tertiary alicyclic amines) is 1. The van der Waals surface area contributed by atoms with Crippen molar-refractivity contribution in [3.05, 3.63) is 52.9 Å². The Bertz CT molecular complexity index is 971. The van der Waals surface area contributed by atoms with Gasteiger partial charge in [-0.2, -0.15) is 0 Å². The standard InChI is InChI=1S/C23H30N6O.H2/c1-15-6-7-20(24)29(15)21(25)16-5-4-9-23(2,12-16)27-22(30)19-11-18-14-28(3)10-8-17(18)13-26-19;/h4-5,9,11,13,15,24-25H,6-8,10,12,14H2,1-3H3,(H,27,30);1H/t15-,23?;/m1./s1. The van der Waals surface area contributed by atoms with Crippen LogP contribution in [-0.4, -0.2) is 57.5 Å². The number of carbonyl (C=O) groups is 1. The molecule has 1 unspecified atom stereocenters. The third-order valence-corrected chi connectivity index (χ3v) is 6.31. The van der Waals surface area contributed by atoms with E-state index in [1.807, 2.05) is 37.4 Å². The molecule has 0 radical (unpaired) electrons. The summed E-state index contributed by atoms with van der Waals surface area (Å²) in [6.45, 7) is 5.86. The fraction of sp³-hybridized carbons (Fsp3) is 0.478. The van der Waals surface area contributed by atoms with Gasteiger partial charge in [0.2, 0.25) is 0 Å². The zero-order chi connectivity index (χ0) is 21.5. The molecule has 0 spiro atoms. The summed E-state index contributed by atoms with van der Waals surface area (Å²) in [5, 5.41) is 19.9. The van der Waals surface area contributed by atoms with Crippen LogP contribution in [0.1, 0.15) is 56.2 Å². The summed E-state index contributed by atoms with van der Waals surface area (Å²) in [7, 11) is 2.08. The number of aromatic nitrogens is 1. The fourth-order valence-electron chi connectivity index (χ4n) is 4.54. The molecular weight excluding hydrogens is 376 g/mol. The van der Waals surface area contributed by atoms with Gasteiger partial charge in [-0.15, -0.1) is 0 Å². The average Bonchev–Trinajstić information content (AvgIpc) is 3.04. The predicted molar refractivity (Wildman–Crippen MR) is 120 cm³/mol. The van der Waals surface area contributed by atoms with Crippen LogP contribution in [0.5, 0.6) is 0 Å². The molecule has 1 aromatic rings. The molecule has 3 heterocycles. The number of amides is 1. The van der Waals surface area contributed by atoms with Gasteiger partial charge in [-0.1, -0.05) is 18.2 Å². The van der Waals surface area contributed by atoms with Crippen molar-refractivity contribution in [3.63, 3.8) is 0 Å². The normalized spacial score (nSPS) is 26.4. The van der Waals surface area contributed by atoms with Gasteiger partial charge in [0.05, 0.1) is 5.54 Å². The second-order valence-electron chi connectivity index (χ2n) is 8.98. The number of nitrogens with zero attached hydrogens (tertiary/aromatic N) is 3. The number of allylic oxidation sites excluding steroid dienone is 2. The van der Waals surface area contributed by atoms with Gasteiger partial charge in [0, 0.05) is 39.6 Å². The van der Waals surface area contributed by atoms with E-state index in [1.165, 1.54) is 5.56 Å².